The number of hydrogen-bond donors (Lipinski definition) is 0. The van der Waals surface area contributed by atoms with E-state index in [9.17, 15) is 4.79 Å². The summed E-state index contributed by atoms with van der Waals surface area (Å²) in [5.41, 5.74) is 1.17. The maximum atomic E-state index is 11.1. The largest absolute Gasteiger partial charge is 0.354 e. The molecule has 2 aliphatic heterocycles. The highest BCUT2D eigenvalue weighted by Crippen LogP contribution is 2.31. The molecule has 0 spiro atoms. The third-order valence-electron chi connectivity index (χ3n) is 5.29. The molecule has 1 saturated carbocycles. The standard InChI is InChI=1S/C17H24N4O/c22-13-21-7-1-2-16(21)14-3-6-17(18-12-14)20-10-8-19(9-11-20)15-4-5-15/h3,6,12-13,15-16H,1-2,4-5,7-11H2. The minimum atomic E-state index is 0.228. The predicted octanol–water partition coefficient (Wildman–Crippen LogP) is 1.66. The number of likely N-dealkylation sites (tertiary alicyclic amines) is 1. The van der Waals surface area contributed by atoms with Crippen LogP contribution in [0.5, 0.6) is 0 Å². The quantitative estimate of drug-likeness (QED) is 0.793. The Hall–Kier alpha value is -1.62. The number of rotatable bonds is 4. The Balaban J connectivity index is 1.40. The molecule has 1 amide bonds. The summed E-state index contributed by atoms with van der Waals surface area (Å²) >= 11 is 0. The van der Waals surface area contributed by atoms with Crippen LogP contribution in [0, 0.1) is 0 Å². The van der Waals surface area contributed by atoms with Crippen molar-refractivity contribution in [3.8, 4) is 0 Å². The zero-order valence-electron chi connectivity index (χ0n) is 13.0. The van der Waals surface area contributed by atoms with Crippen molar-refractivity contribution < 1.29 is 4.79 Å². The summed E-state index contributed by atoms with van der Waals surface area (Å²) < 4.78 is 0. The fourth-order valence-electron chi connectivity index (χ4n) is 3.81. The summed E-state index contributed by atoms with van der Waals surface area (Å²) in [6.45, 7) is 5.35. The van der Waals surface area contributed by atoms with Crippen molar-refractivity contribution in [3.63, 3.8) is 0 Å². The van der Waals surface area contributed by atoms with E-state index in [4.69, 9.17) is 0 Å². The van der Waals surface area contributed by atoms with Crippen molar-refractivity contribution in [2.45, 2.75) is 37.8 Å². The van der Waals surface area contributed by atoms with Crippen LogP contribution in [0.2, 0.25) is 0 Å². The number of amides is 1. The van der Waals surface area contributed by atoms with Gasteiger partial charge in [0.25, 0.3) is 0 Å². The van der Waals surface area contributed by atoms with E-state index in [1.165, 1.54) is 18.4 Å². The van der Waals surface area contributed by atoms with Gasteiger partial charge in [-0.1, -0.05) is 6.07 Å². The average molecular weight is 300 g/mol. The lowest BCUT2D eigenvalue weighted by atomic mass is 10.1. The second-order valence-electron chi connectivity index (χ2n) is 6.71. The molecule has 3 fully saturated rings. The molecule has 4 rings (SSSR count). The molecule has 0 radical (unpaired) electrons. The van der Waals surface area contributed by atoms with Crippen molar-refractivity contribution >= 4 is 12.2 Å². The van der Waals surface area contributed by atoms with E-state index in [1.54, 1.807) is 0 Å². The summed E-state index contributed by atoms with van der Waals surface area (Å²) in [5.74, 6) is 1.08. The van der Waals surface area contributed by atoms with Gasteiger partial charge in [0.2, 0.25) is 6.41 Å². The maximum absolute atomic E-state index is 11.1. The summed E-state index contributed by atoms with van der Waals surface area (Å²) in [6.07, 6.45) is 7.87. The molecule has 3 aliphatic rings. The van der Waals surface area contributed by atoms with Gasteiger partial charge in [-0.05, 0) is 37.3 Å². The molecule has 1 aromatic rings. The number of nitrogens with zero attached hydrogens (tertiary/aromatic N) is 4. The van der Waals surface area contributed by atoms with Gasteiger partial charge in [0.15, 0.2) is 0 Å². The highest BCUT2D eigenvalue weighted by molar-refractivity contribution is 5.50. The molecule has 22 heavy (non-hydrogen) atoms. The van der Waals surface area contributed by atoms with Crippen molar-refractivity contribution in [2.75, 3.05) is 37.6 Å². The van der Waals surface area contributed by atoms with Crippen molar-refractivity contribution in [1.82, 2.24) is 14.8 Å². The number of anilines is 1. The van der Waals surface area contributed by atoms with Crippen LogP contribution >= 0.6 is 0 Å². The Kier molecular flexibility index (Phi) is 3.74. The lowest BCUT2D eigenvalue weighted by molar-refractivity contribution is -0.118. The van der Waals surface area contributed by atoms with Gasteiger partial charge in [0, 0.05) is 45.0 Å². The fraction of sp³-hybridized carbons (Fsp3) is 0.647. The molecule has 5 nitrogen and oxygen atoms in total. The SMILES string of the molecule is O=CN1CCCC1c1ccc(N2CCN(C3CC3)CC2)nc1. The molecule has 0 aromatic carbocycles. The van der Waals surface area contributed by atoms with Gasteiger partial charge in [-0.15, -0.1) is 0 Å². The van der Waals surface area contributed by atoms with E-state index in [0.717, 1.165) is 63.8 Å². The van der Waals surface area contributed by atoms with Crippen LogP contribution < -0.4 is 4.90 Å². The molecule has 1 unspecified atom stereocenters. The van der Waals surface area contributed by atoms with Gasteiger partial charge in [0.05, 0.1) is 6.04 Å². The number of pyridine rings is 1. The molecular formula is C17H24N4O. The first kappa shape index (κ1) is 14.0. The molecule has 2 saturated heterocycles. The lowest BCUT2D eigenvalue weighted by Gasteiger charge is -2.35. The number of carbonyl (C=O) groups excluding carboxylic acids is 1. The molecule has 0 N–H and O–H groups in total. The topological polar surface area (TPSA) is 39.7 Å². The number of hydrogen-bond acceptors (Lipinski definition) is 4. The molecule has 5 heteroatoms. The Labute approximate surface area is 131 Å². The van der Waals surface area contributed by atoms with E-state index in [0.29, 0.717) is 0 Å². The lowest BCUT2D eigenvalue weighted by Crippen LogP contribution is -2.47. The molecule has 1 aromatic heterocycles. The Morgan fingerprint density at radius 3 is 2.50 bits per heavy atom. The number of piperazine rings is 1. The Morgan fingerprint density at radius 2 is 1.86 bits per heavy atom. The Morgan fingerprint density at radius 1 is 1.05 bits per heavy atom. The summed E-state index contributed by atoms with van der Waals surface area (Å²) in [5, 5.41) is 0. The first-order chi connectivity index (χ1) is 10.8. The van der Waals surface area contributed by atoms with Crippen LogP contribution in [0.4, 0.5) is 5.82 Å². The van der Waals surface area contributed by atoms with Crippen LogP contribution in [-0.4, -0.2) is 60.0 Å². The van der Waals surface area contributed by atoms with Gasteiger partial charge < -0.3 is 9.80 Å². The third-order valence-corrected chi connectivity index (χ3v) is 5.29. The van der Waals surface area contributed by atoms with Gasteiger partial charge in [-0.25, -0.2) is 4.98 Å². The molecular weight excluding hydrogens is 276 g/mol. The van der Waals surface area contributed by atoms with Gasteiger partial charge in [-0.2, -0.15) is 0 Å². The average Bonchev–Trinajstić information content (AvgIpc) is 3.32. The van der Waals surface area contributed by atoms with Gasteiger partial charge >= 0.3 is 0 Å². The zero-order valence-corrected chi connectivity index (χ0v) is 13.0. The van der Waals surface area contributed by atoms with E-state index < -0.39 is 0 Å². The maximum Gasteiger partial charge on any atom is 0.210 e. The van der Waals surface area contributed by atoms with E-state index in [-0.39, 0.29) is 6.04 Å². The van der Waals surface area contributed by atoms with Crippen LogP contribution in [-0.2, 0) is 4.79 Å². The monoisotopic (exact) mass is 300 g/mol. The third kappa shape index (κ3) is 2.70. The van der Waals surface area contributed by atoms with Crippen molar-refractivity contribution in [2.24, 2.45) is 0 Å². The highest BCUT2D eigenvalue weighted by atomic mass is 16.1. The minimum Gasteiger partial charge on any atom is -0.354 e. The first-order valence-corrected chi connectivity index (χ1v) is 8.51. The van der Waals surface area contributed by atoms with Crippen LogP contribution in [0.3, 0.4) is 0 Å². The first-order valence-electron chi connectivity index (χ1n) is 8.51. The van der Waals surface area contributed by atoms with Crippen molar-refractivity contribution in [3.05, 3.63) is 23.9 Å². The normalized spacial score (nSPS) is 26.5. The molecule has 0 bridgehead atoms. The summed E-state index contributed by atoms with van der Waals surface area (Å²) in [7, 11) is 0. The summed E-state index contributed by atoms with van der Waals surface area (Å²) in [4.78, 5) is 22.6. The van der Waals surface area contributed by atoms with Crippen LogP contribution in [0.1, 0.15) is 37.3 Å². The van der Waals surface area contributed by atoms with Gasteiger partial charge in [0.1, 0.15) is 5.82 Å². The van der Waals surface area contributed by atoms with Gasteiger partial charge in [-0.3, -0.25) is 9.69 Å². The second-order valence-corrected chi connectivity index (χ2v) is 6.71. The summed E-state index contributed by atoms with van der Waals surface area (Å²) in [6, 6.07) is 5.38. The van der Waals surface area contributed by atoms with Crippen LogP contribution in [0.25, 0.3) is 0 Å². The van der Waals surface area contributed by atoms with E-state index in [1.807, 2.05) is 11.1 Å². The smallest absolute Gasteiger partial charge is 0.210 e. The predicted molar refractivity (Wildman–Crippen MR) is 85.8 cm³/mol. The highest BCUT2D eigenvalue weighted by Gasteiger charge is 2.31. The molecule has 1 aliphatic carbocycles. The second kappa shape index (κ2) is 5.88. The molecule has 1 atom stereocenters. The molecule has 3 heterocycles. The van der Waals surface area contributed by atoms with E-state index in [2.05, 4.69) is 26.9 Å². The molecule has 118 valence electrons. The minimum absolute atomic E-state index is 0.228. The fourth-order valence-corrected chi connectivity index (χ4v) is 3.81. The number of carbonyl (C=O) groups is 1. The van der Waals surface area contributed by atoms with Crippen LogP contribution in [0.15, 0.2) is 18.3 Å². The zero-order chi connectivity index (χ0) is 14.9. The van der Waals surface area contributed by atoms with Crippen molar-refractivity contribution in [1.29, 1.82) is 0 Å². The number of aromatic nitrogens is 1. The van der Waals surface area contributed by atoms with E-state index >= 15 is 0 Å². The Bertz CT molecular complexity index is 520.